The van der Waals surface area contributed by atoms with E-state index in [0.717, 1.165) is 0 Å². The van der Waals surface area contributed by atoms with Crippen LogP contribution in [0.5, 0.6) is 5.88 Å². The number of hydrogen-bond acceptors (Lipinski definition) is 3. The highest BCUT2D eigenvalue weighted by Crippen LogP contribution is 2.34. The number of carboxylic acid groups (broad SMARTS) is 1. The zero-order valence-corrected chi connectivity index (χ0v) is 8.13. The number of H-pyrrole nitrogens is 1. The molecule has 0 bridgehead atoms. The molecule has 0 unspecified atom stereocenters. The molecule has 0 spiro atoms. The molecule has 0 radical (unpaired) electrons. The summed E-state index contributed by atoms with van der Waals surface area (Å²) >= 11 is 0. The molecule has 2 rings (SSSR count). The van der Waals surface area contributed by atoms with Gasteiger partial charge in [0.15, 0.2) is 5.69 Å². The van der Waals surface area contributed by atoms with Gasteiger partial charge in [-0.3, -0.25) is 5.10 Å². The fourth-order valence-corrected chi connectivity index (χ4v) is 1.60. The van der Waals surface area contributed by atoms with Crippen LogP contribution in [0.15, 0.2) is 0 Å². The first-order valence-corrected chi connectivity index (χ1v) is 4.43. The molecule has 0 saturated carbocycles. The van der Waals surface area contributed by atoms with E-state index in [1.54, 1.807) is 0 Å². The minimum atomic E-state index is -0.986. The molecule has 5 nitrogen and oxygen atoms in total. The third-order valence-corrected chi connectivity index (χ3v) is 2.30. The van der Waals surface area contributed by atoms with Crippen LogP contribution in [0.4, 0.5) is 0 Å². The van der Waals surface area contributed by atoms with Crippen molar-refractivity contribution in [2.75, 3.05) is 6.61 Å². The Hall–Kier alpha value is -1.52. The lowest BCUT2D eigenvalue weighted by Gasteiger charge is -2.28. The average molecular weight is 196 g/mol. The summed E-state index contributed by atoms with van der Waals surface area (Å²) in [6.45, 7) is 4.65. The third kappa shape index (κ3) is 1.34. The summed E-state index contributed by atoms with van der Waals surface area (Å²) in [5.41, 5.74) is 0.794. The van der Waals surface area contributed by atoms with Crippen LogP contribution < -0.4 is 4.74 Å². The lowest BCUT2D eigenvalue weighted by Crippen LogP contribution is -2.29. The van der Waals surface area contributed by atoms with Crippen molar-refractivity contribution >= 4 is 5.97 Å². The van der Waals surface area contributed by atoms with E-state index in [1.165, 1.54) is 0 Å². The summed E-state index contributed by atoms with van der Waals surface area (Å²) in [5.74, 6) is -0.554. The number of nitrogens with zero attached hydrogens (tertiary/aromatic N) is 1. The van der Waals surface area contributed by atoms with Gasteiger partial charge in [0.25, 0.3) is 0 Å². The van der Waals surface area contributed by atoms with E-state index in [4.69, 9.17) is 9.84 Å². The van der Waals surface area contributed by atoms with Crippen LogP contribution in [0.3, 0.4) is 0 Å². The van der Waals surface area contributed by atoms with Crippen molar-refractivity contribution in [3.05, 3.63) is 11.3 Å². The van der Waals surface area contributed by atoms with Gasteiger partial charge in [0.1, 0.15) is 0 Å². The van der Waals surface area contributed by atoms with Crippen molar-refractivity contribution in [2.45, 2.75) is 20.3 Å². The van der Waals surface area contributed by atoms with E-state index < -0.39 is 5.97 Å². The van der Waals surface area contributed by atoms with Crippen molar-refractivity contribution in [3.8, 4) is 5.88 Å². The standard InChI is InChI=1S/C9H12N2O3/c1-9(2)3-5-6(8(12)13)10-11-7(5)14-4-9/h3-4H2,1-2H3,(H,10,11)(H,12,13). The number of aromatic carboxylic acids is 1. The minimum absolute atomic E-state index is 0.0267. The first-order chi connectivity index (χ1) is 6.49. The number of rotatable bonds is 1. The summed E-state index contributed by atoms with van der Waals surface area (Å²) in [6.07, 6.45) is 0.681. The molecule has 2 N–H and O–H groups in total. The van der Waals surface area contributed by atoms with E-state index in [2.05, 4.69) is 10.2 Å². The number of ether oxygens (including phenoxy) is 1. The first-order valence-electron chi connectivity index (χ1n) is 4.43. The molecular weight excluding hydrogens is 184 g/mol. The zero-order valence-electron chi connectivity index (χ0n) is 8.13. The van der Waals surface area contributed by atoms with E-state index >= 15 is 0 Å². The van der Waals surface area contributed by atoms with Crippen LogP contribution in [0.1, 0.15) is 29.9 Å². The maximum atomic E-state index is 10.8. The van der Waals surface area contributed by atoms with Gasteiger partial charge in [0.05, 0.1) is 6.61 Å². The molecule has 1 aliphatic heterocycles. The molecule has 0 aliphatic carbocycles. The van der Waals surface area contributed by atoms with Gasteiger partial charge in [0, 0.05) is 11.0 Å². The topological polar surface area (TPSA) is 75.2 Å². The Morgan fingerprint density at radius 1 is 1.64 bits per heavy atom. The monoisotopic (exact) mass is 196 g/mol. The van der Waals surface area contributed by atoms with Crippen LogP contribution in [0.2, 0.25) is 0 Å². The maximum Gasteiger partial charge on any atom is 0.354 e. The van der Waals surface area contributed by atoms with Crippen LogP contribution >= 0.6 is 0 Å². The Labute approximate surface area is 81.1 Å². The maximum absolute atomic E-state index is 10.8. The van der Waals surface area contributed by atoms with Crippen molar-refractivity contribution in [2.24, 2.45) is 5.41 Å². The molecule has 14 heavy (non-hydrogen) atoms. The number of aromatic amines is 1. The van der Waals surface area contributed by atoms with Crippen molar-refractivity contribution in [3.63, 3.8) is 0 Å². The normalized spacial score (nSPS) is 18.4. The van der Waals surface area contributed by atoms with Crippen LogP contribution in [-0.4, -0.2) is 27.9 Å². The summed E-state index contributed by atoms with van der Waals surface area (Å²) in [4.78, 5) is 10.8. The van der Waals surface area contributed by atoms with Crippen LogP contribution in [0, 0.1) is 5.41 Å². The predicted molar refractivity (Wildman–Crippen MR) is 48.5 cm³/mol. The van der Waals surface area contributed by atoms with Gasteiger partial charge >= 0.3 is 5.97 Å². The lowest BCUT2D eigenvalue weighted by molar-refractivity contribution is 0.0686. The second-order valence-corrected chi connectivity index (χ2v) is 4.32. The van der Waals surface area contributed by atoms with Crippen molar-refractivity contribution in [1.82, 2.24) is 10.2 Å². The highest BCUT2D eigenvalue weighted by atomic mass is 16.5. The van der Waals surface area contributed by atoms with Crippen molar-refractivity contribution in [1.29, 1.82) is 0 Å². The smallest absolute Gasteiger partial charge is 0.354 e. The molecule has 1 aliphatic rings. The molecule has 0 fully saturated rings. The van der Waals surface area contributed by atoms with Gasteiger partial charge in [-0.05, 0) is 6.42 Å². The molecule has 5 heteroatoms. The molecular formula is C9H12N2O3. The van der Waals surface area contributed by atoms with E-state index in [9.17, 15) is 4.79 Å². The highest BCUT2D eigenvalue weighted by molar-refractivity contribution is 5.87. The van der Waals surface area contributed by atoms with E-state index in [1.807, 2.05) is 13.8 Å². The summed E-state index contributed by atoms with van der Waals surface area (Å²) in [6, 6.07) is 0. The molecule has 0 atom stereocenters. The Bertz CT molecular complexity index is 381. The van der Waals surface area contributed by atoms with Crippen molar-refractivity contribution < 1.29 is 14.6 Å². The Kier molecular flexibility index (Phi) is 1.77. The minimum Gasteiger partial charge on any atom is -0.477 e. The second-order valence-electron chi connectivity index (χ2n) is 4.32. The number of carboxylic acids is 1. The third-order valence-electron chi connectivity index (χ3n) is 2.30. The number of fused-ring (bicyclic) bond motifs is 1. The molecule has 1 aromatic rings. The number of hydrogen-bond donors (Lipinski definition) is 2. The fraction of sp³-hybridized carbons (Fsp3) is 0.556. The lowest BCUT2D eigenvalue weighted by atomic mass is 9.85. The predicted octanol–water partition coefficient (Wildman–Crippen LogP) is 1.07. The molecule has 2 heterocycles. The first kappa shape index (κ1) is 9.05. The highest BCUT2D eigenvalue weighted by Gasteiger charge is 2.32. The van der Waals surface area contributed by atoms with Gasteiger partial charge in [-0.25, -0.2) is 4.79 Å². The molecule has 0 saturated heterocycles. The van der Waals surface area contributed by atoms with E-state index in [0.29, 0.717) is 24.5 Å². The van der Waals surface area contributed by atoms with Gasteiger partial charge in [-0.1, -0.05) is 13.8 Å². The summed E-state index contributed by atoms with van der Waals surface area (Å²) in [5, 5.41) is 15.2. The van der Waals surface area contributed by atoms with Gasteiger partial charge in [0.2, 0.25) is 5.88 Å². The second kappa shape index (κ2) is 2.73. The summed E-state index contributed by atoms with van der Waals surface area (Å²) < 4.78 is 5.36. The van der Waals surface area contributed by atoms with Gasteiger partial charge in [-0.2, -0.15) is 0 Å². The number of nitrogens with one attached hydrogen (secondary N) is 1. The molecule has 0 amide bonds. The van der Waals surface area contributed by atoms with Crippen LogP contribution in [0.25, 0.3) is 0 Å². The average Bonchev–Trinajstić information content (AvgIpc) is 2.44. The zero-order chi connectivity index (χ0) is 10.3. The molecule has 76 valence electrons. The largest absolute Gasteiger partial charge is 0.477 e. The Morgan fingerprint density at radius 3 is 3.00 bits per heavy atom. The quantitative estimate of drug-likeness (QED) is 0.704. The Morgan fingerprint density at radius 2 is 2.36 bits per heavy atom. The SMILES string of the molecule is CC1(C)COc2n[nH]c(C(=O)O)c2C1. The van der Waals surface area contributed by atoms with Gasteiger partial charge in [-0.15, -0.1) is 5.10 Å². The molecule has 0 aromatic carbocycles. The fourth-order valence-electron chi connectivity index (χ4n) is 1.60. The van der Waals surface area contributed by atoms with E-state index in [-0.39, 0.29) is 11.1 Å². The Balaban J connectivity index is 2.42. The van der Waals surface area contributed by atoms with Crippen LogP contribution in [-0.2, 0) is 6.42 Å². The number of carbonyl (C=O) groups is 1. The number of aromatic nitrogens is 2. The van der Waals surface area contributed by atoms with Gasteiger partial charge < -0.3 is 9.84 Å². The summed E-state index contributed by atoms with van der Waals surface area (Å²) in [7, 11) is 0. The molecule has 1 aromatic heterocycles.